The largest absolute Gasteiger partial charge is 0.336 e. The summed E-state index contributed by atoms with van der Waals surface area (Å²) in [6.45, 7) is 2.41. The molecule has 1 aliphatic heterocycles. The number of benzene rings is 1. The van der Waals surface area contributed by atoms with Gasteiger partial charge in [-0.2, -0.15) is 0 Å². The molecule has 1 heterocycles. The SMILES string of the molecule is CC1CNC(=O)N1c1cccc(S(=O)(=O)Cl)c1. The molecule has 1 aromatic carbocycles. The van der Waals surface area contributed by atoms with E-state index in [4.69, 9.17) is 10.7 Å². The lowest BCUT2D eigenvalue weighted by Gasteiger charge is -2.20. The van der Waals surface area contributed by atoms with E-state index in [1.165, 1.54) is 17.0 Å². The summed E-state index contributed by atoms with van der Waals surface area (Å²) < 4.78 is 22.4. The molecule has 1 saturated heterocycles. The molecule has 1 fully saturated rings. The number of halogens is 1. The number of carbonyl (C=O) groups excluding carboxylic acids is 1. The molecule has 7 heteroatoms. The van der Waals surface area contributed by atoms with Crippen molar-refractivity contribution in [2.24, 2.45) is 0 Å². The number of nitrogens with zero attached hydrogens (tertiary/aromatic N) is 1. The second-order valence-corrected chi connectivity index (χ2v) is 6.41. The minimum absolute atomic E-state index is 0.0106. The Morgan fingerprint density at radius 3 is 2.71 bits per heavy atom. The van der Waals surface area contributed by atoms with E-state index in [0.717, 1.165) is 0 Å². The Kier molecular flexibility index (Phi) is 3.01. The molecule has 0 saturated carbocycles. The van der Waals surface area contributed by atoms with Crippen molar-refractivity contribution in [3.63, 3.8) is 0 Å². The average molecular weight is 275 g/mol. The van der Waals surface area contributed by atoms with Crippen molar-refractivity contribution in [2.45, 2.75) is 17.9 Å². The number of hydrogen-bond donors (Lipinski definition) is 1. The molecule has 1 N–H and O–H groups in total. The predicted molar refractivity (Wildman–Crippen MR) is 64.8 cm³/mol. The maximum atomic E-state index is 11.6. The molecule has 1 atom stereocenters. The van der Waals surface area contributed by atoms with Gasteiger partial charge >= 0.3 is 6.03 Å². The van der Waals surface area contributed by atoms with E-state index in [9.17, 15) is 13.2 Å². The van der Waals surface area contributed by atoms with Crippen LogP contribution in [0.2, 0.25) is 0 Å². The average Bonchev–Trinajstić information content (AvgIpc) is 2.57. The zero-order valence-electron chi connectivity index (χ0n) is 9.05. The van der Waals surface area contributed by atoms with E-state index in [0.29, 0.717) is 12.2 Å². The summed E-state index contributed by atoms with van der Waals surface area (Å²) in [6, 6.07) is 5.77. The Morgan fingerprint density at radius 1 is 1.47 bits per heavy atom. The second kappa shape index (κ2) is 4.19. The highest BCUT2D eigenvalue weighted by atomic mass is 35.7. The van der Waals surface area contributed by atoms with Gasteiger partial charge < -0.3 is 5.32 Å². The Morgan fingerprint density at radius 2 is 2.18 bits per heavy atom. The number of carbonyl (C=O) groups is 1. The third kappa shape index (κ3) is 2.37. The molecule has 2 amide bonds. The van der Waals surface area contributed by atoms with E-state index in [2.05, 4.69) is 5.32 Å². The summed E-state index contributed by atoms with van der Waals surface area (Å²) in [6.07, 6.45) is 0. The van der Waals surface area contributed by atoms with Gasteiger partial charge in [-0.3, -0.25) is 4.90 Å². The van der Waals surface area contributed by atoms with Crippen LogP contribution in [0.3, 0.4) is 0 Å². The van der Waals surface area contributed by atoms with Crippen LogP contribution in [0, 0.1) is 0 Å². The Labute approximate surface area is 104 Å². The fourth-order valence-corrected chi connectivity index (χ4v) is 2.56. The van der Waals surface area contributed by atoms with Gasteiger partial charge in [-0.15, -0.1) is 0 Å². The van der Waals surface area contributed by atoms with Gasteiger partial charge in [0.2, 0.25) is 0 Å². The molecule has 1 aliphatic rings. The van der Waals surface area contributed by atoms with Crippen LogP contribution >= 0.6 is 10.7 Å². The fraction of sp³-hybridized carbons (Fsp3) is 0.300. The lowest BCUT2D eigenvalue weighted by atomic mass is 10.2. The van der Waals surface area contributed by atoms with Gasteiger partial charge in [0.15, 0.2) is 0 Å². The van der Waals surface area contributed by atoms with Crippen LogP contribution in [0.1, 0.15) is 6.92 Å². The number of urea groups is 1. The third-order valence-corrected chi connectivity index (χ3v) is 3.94. The van der Waals surface area contributed by atoms with Crippen LogP contribution in [-0.4, -0.2) is 27.0 Å². The predicted octanol–water partition coefficient (Wildman–Crippen LogP) is 1.53. The van der Waals surface area contributed by atoms with Crippen molar-refractivity contribution in [1.82, 2.24) is 5.32 Å². The molecule has 0 aromatic heterocycles. The lowest BCUT2D eigenvalue weighted by Crippen LogP contribution is -2.32. The van der Waals surface area contributed by atoms with Crippen molar-refractivity contribution in [2.75, 3.05) is 11.4 Å². The number of amides is 2. The van der Waals surface area contributed by atoms with Crippen molar-refractivity contribution in [3.8, 4) is 0 Å². The van der Waals surface area contributed by atoms with Crippen molar-refractivity contribution >= 4 is 31.5 Å². The van der Waals surface area contributed by atoms with Gasteiger partial charge in [-0.25, -0.2) is 13.2 Å². The highest BCUT2D eigenvalue weighted by molar-refractivity contribution is 8.13. The minimum atomic E-state index is -3.78. The van der Waals surface area contributed by atoms with Crippen LogP contribution in [0.25, 0.3) is 0 Å². The molecule has 17 heavy (non-hydrogen) atoms. The van der Waals surface area contributed by atoms with Crippen molar-refractivity contribution < 1.29 is 13.2 Å². The number of hydrogen-bond acceptors (Lipinski definition) is 3. The summed E-state index contributed by atoms with van der Waals surface area (Å²) in [4.78, 5) is 13.1. The molecule has 0 aliphatic carbocycles. The third-order valence-electron chi connectivity index (χ3n) is 2.59. The maximum Gasteiger partial charge on any atom is 0.322 e. The van der Waals surface area contributed by atoms with E-state index in [1.54, 1.807) is 12.1 Å². The smallest absolute Gasteiger partial charge is 0.322 e. The normalized spacial score (nSPS) is 20.5. The molecule has 0 spiro atoms. The Balaban J connectivity index is 2.43. The molecule has 5 nitrogen and oxygen atoms in total. The van der Waals surface area contributed by atoms with E-state index in [-0.39, 0.29) is 17.0 Å². The van der Waals surface area contributed by atoms with Gasteiger partial charge in [0.05, 0.1) is 10.9 Å². The summed E-state index contributed by atoms with van der Waals surface area (Å²) in [7, 11) is 1.49. The first-order valence-electron chi connectivity index (χ1n) is 5.01. The summed E-state index contributed by atoms with van der Waals surface area (Å²) >= 11 is 0. The van der Waals surface area contributed by atoms with Crippen LogP contribution in [0.4, 0.5) is 10.5 Å². The molecular weight excluding hydrogens is 264 g/mol. The molecule has 0 radical (unpaired) electrons. The minimum Gasteiger partial charge on any atom is -0.336 e. The van der Waals surface area contributed by atoms with Gasteiger partial charge in [0.25, 0.3) is 9.05 Å². The van der Waals surface area contributed by atoms with Gasteiger partial charge in [0, 0.05) is 22.9 Å². The summed E-state index contributed by atoms with van der Waals surface area (Å²) in [5.74, 6) is 0. The molecule has 0 bridgehead atoms. The first-order chi connectivity index (χ1) is 7.89. The first-order valence-corrected chi connectivity index (χ1v) is 7.32. The number of anilines is 1. The highest BCUT2D eigenvalue weighted by Gasteiger charge is 2.28. The first kappa shape index (κ1) is 12.2. The standard InChI is InChI=1S/C10H11ClN2O3S/c1-7-6-12-10(14)13(7)8-3-2-4-9(5-8)17(11,15)16/h2-5,7H,6H2,1H3,(H,12,14). The molecule has 1 aromatic rings. The summed E-state index contributed by atoms with van der Waals surface area (Å²) in [5.41, 5.74) is 0.522. The Bertz CT molecular complexity index is 558. The zero-order valence-corrected chi connectivity index (χ0v) is 10.6. The van der Waals surface area contributed by atoms with E-state index in [1.807, 2.05) is 6.92 Å². The maximum absolute atomic E-state index is 11.6. The lowest BCUT2D eigenvalue weighted by molar-refractivity contribution is 0.252. The summed E-state index contributed by atoms with van der Waals surface area (Å²) in [5, 5.41) is 2.68. The topological polar surface area (TPSA) is 66.5 Å². The van der Waals surface area contributed by atoms with Crippen LogP contribution in [0.5, 0.6) is 0 Å². The second-order valence-electron chi connectivity index (χ2n) is 3.84. The highest BCUT2D eigenvalue weighted by Crippen LogP contribution is 2.25. The van der Waals surface area contributed by atoms with Crippen LogP contribution < -0.4 is 10.2 Å². The zero-order chi connectivity index (χ0) is 12.6. The number of nitrogens with one attached hydrogen (secondary N) is 1. The van der Waals surface area contributed by atoms with Gasteiger partial charge in [0.1, 0.15) is 0 Å². The van der Waals surface area contributed by atoms with Crippen LogP contribution in [-0.2, 0) is 9.05 Å². The van der Waals surface area contributed by atoms with Crippen molar-refractivity contribution in [1.29, 1.82) is 0 Å². The quantitative estimate of drug-likeness (QED) is 0.832. The monoisotopic (exact) mass is 274 g/mol. The molecule has 92 valence electrons. The van der Waals surface area contributed by atoms with Gasteiger partial charge in [-0.05, 0) is 25.1 Å². The molecule has 2 rings (SSSR count). The van der Waals surface area contributed by atoms with E-state index >= 15 is 0 Å². The molecule has 1 unspecified atom stereocenters. The van der Waals surface area contributed by atoms with Crippen molar-refractivity contribution in [3.05, 3.63) is 24.3 Å². The van der Waals surface area contributed by atoms with Gasteiger partial charge in [-0.1, -0.05) is 6.07 Å². The van der Waals surface area contributed by atoms with Crippen LogP contribution in [0.15, 0.2) is 29.2 Å². The fourth-order valence-electron chi connectivity index (χ4n) is 1.77. The Hall–Kier alpha value is -1.27. The van der Waals surface area contributed by atoms with E-state index < -0.39 is 9.05 Å². The molecular formula is C10H11ClN2O3S. The number of rotatable bonds is 2.